The molecule has 7 nitrogen and oxygen atoms in total. The fourth-order valence-electron chi connectivity index (χ4n) is 9.90. The van der Waals surface area contributed by atoms with Crippen molar-refractivity contribution in [3.05, 3.63) is 195 Å². The summed E-state index contributed by atoms with van der Waals surface area (Å²) in [7, 11) is 0. The minimum absolute atomic E-state index is 0. The number of hydrogen-bond donors (Lipinski definition) is 0. The molecule has 0 saturated carbocycles. The van der Waals surface area contributed by atoms with Gasteiger partial charge in [-0.3, -0.25) is 9.97 Å². The van der Waals surface area contributed by atoms with Gasteiger partial charge in [-0.15, -0.1) is 12.1 Å². The fraction of sp³-hybridized carbons (Fsp3) is 0. The van der Waals surface area contributed by atoms with Crippen molar-refractivity contribution in [2.45, 2.75) is 0 Å². The Bertz CT molecular complexity index is 3870. The van der Waals surface area contributed by atoms with Gasteiger partial charge in [-0.25, -0.2) is 0 Å². The number of nitrogens with zero attached hydrogens (tertiary/aromatic N) is 6. The number of pyridine rings is 2. The summed E-state index contributed by atoms with van der Waals surface area (Å²) in [5.41, 5.74) is 10.7. The largest absolute Gasteiger partial charge is 2.00 e. The number of ether oxygens (including phenoxy) is 1. The molecule has 0 radical (unpaired) electrons. The zero-order valence-corrected chi connectivity index (χ0v) is 35.0. The molecule has 0 fully saturated rings. The van der Waals surface area contributed by atoms with Crippen LogP contribution in [0.5, 0.6) is 11.5 Å². The molecule has 0 bridgehead atoms. The zero-order chi connectivity index (χ0) is 39.8. The van der Waals surface area contributed by atoms with E-state index in [0.717, 1.165) is 77.1 Å². The summed E-state index contributed by atoms with van der Waals surface area (Å²) in [6, 6.07) is 63.2. The smallest absolute Gasteiger partial charge is 0.497 e. The first kappa shape index (κ1) is 35.1. The summed E-state index contributed by atoms with van der Waals surface area (Å²) in [5.74, 6) is 1.17. The number of imidazole rings is 2. The summed E-state index contributed by atoms with van der Waals surface area (Å²) >= 11 is 0. The minimum Gasteiger partial charge on any atom is -0.497 e. The van der Waals surface area contributed by atoms with Gasteiger partial charge in [-0.05, 0) is 71.4 Å². The second-order valence-corrected chi connectivity index (χ2v) is 15.7. The van der Waals surface area contributed by atoms with E-state index in [-0.39, 0.29) is 21.1 Å². The third kappa shape index (κ3) is 4.85. The number of aromatic nitrogens is 6. The Hall–Kier alpha value is -7.73. The first-order valence-corrected chi connectivity index (χ1v) is 20.4. The van der Waals surface area contributed by atoms with Crippen molar-refractivity contribution < 1.29 is 25.8 Å². The maximum atomic E-state index is 6.65. The van der Waals surface area contributed by atoms with E-state index in [9.17, 15) is 0 Å². The van der Waals surface area contributed by atoms with Crippen molar-refractivity contribution in [2.75, 3.05) is 0 Å². The first-order chi connectivity index (χ1) is 30.2. The molecule has 0 amide bonds. The van der Waals surface area contributed by atoms with Crippen LogP contribution in [0.2, 0.25) is 0 Å². The van der Waals surface area contributed by atoms with Crippen molar-refractivity contribution in [3.63, 3.8) is 0 Å². The monoisotopic (exact) mass is 973 g/mol. The van der Waals surface area contributed by atoms with Crippen LogP contribution >= 0.6 is 0 Å². The van der Waals surface area contributed by atoms with Crippen molar-refractivity contribution in [3.8, 4) is 22.9 Å². The van der Waals surface area contributed by atoms with E-state index >= 15 is 0 Å². The van der Waals surface area contributed by atoms with Crippen molar-refractivity contribution in [2.24, 2.45) is 0 Å². The molecule has 0 aliphatic carbocycles. The van der Waals surface area contributed by atoms with Gasteiger partial charge in [0, 0.05) is 80.2 Å². The Labute approximate surface area is 367 Å². The third-order valence-electron chi connectivity index (χ3n) is 12.5. The molecule has 8 aromatic carbocycles. The quantitative estimate of drug-likeness (QED) is 0.130. The van der Waals surface area contributed by atoms with Gasteiger partial charge in [-0.2, -0.15) is 0 Å². The fourth-order valence-corrected chi connectivity index (χ4v) is 9.90. The number of fused-ring (bicyclic) bond motifs is 18. The predicted octanol–water partition coefficient (Wildman–Crippen LogP) is 13.2. The predicted molar refractivity (Wildman–Crippen MR) is 247 cm³/mol. The second kappa shape index (κ2) is 13.1. The summed E-state index contributed by atoms with van der Waals surface area (Å²) < 4.78 is 15.7. The molecular formula is C54H30N6OPt. The Morgan fingerprint density at radius 2 is 0.774 bits per heavy atom. The molecular weight excluding hydrogens is 944 g/mol. The topological polar surface area (TPSA) is 53.7 Å². The molecule has 62 heavy (non-hydrogen) atoms. The van der Waals surface area contributed by atoms with E-state index in [1.54, 1.807) is 0 Å². The zero-order valence-electron chi connectivity index (χ0n) is 32.7. The Morgan fingerprint density at radius 3 is 1.24 bits per heavy atom. The molecule has 14 aromatic rings. The van der Waals surface area contributed by atoms with Gasteiger partial charge in [0.1, 0.15) is 0 Å². The van der Waals surface area contributed by atoms with Crippen molar-refractivity contribution >= 4 is 98.3 Å². The van der Waals surface area contributed by atoms with Crippen LogP contribution in [-0.4, -0.2) is 27.9 Å². The van der Waals surface area contributed by atoms with E-state index in [1.807, 2.05) is 36.9 Å². The van der Waals surface area contributed by atoms with Crippen LogP contribution in [0.1, 0.15) is 0 Å². The molecule has 0 atom stereocenters. The van der Waals surface area contributed by atoms with Crippen LogP contribution in [0.4, 0.5) is 0 Å². The molecule has 0 N–H and O–H groups in total. The number of rotatable bonds is 4. The summed E-state index contributed by atoms with van der Waals surface area (Å²) in [4.78, 5) is 9.70. The first-order valence-electron chi connectivity index (χ1n) is 20.4. The van der Waals surface area contributed by atoms with Crippen LogP contribution in [0, 0.1) is 12.1 Å². The summed E-state index contributed by atoms with van der Waals surface area (Å²) in [6.07, 6.45) is 7.78. The molecule has 0 aliphatic rings. The van der Waals surface area contributed by atoms with E-state index in [4.69, 9.17) is 14.7 Å². The molecule has 6 aromatic heterocycles. The van der Waals surface area contributed by atoms with Crippen LogP contribution in [0.3, 0.4) is 0 Å². The van der Waals surface area contributed by atoms with E-state index in [2.05, 4.69) is 176 Å². The Morgan fingerprint density at radius 1 is 0.371 bits per heavy atom. The third-order valence-corrected chi connectivity index (χ3v) is 12.5. The molecule has 0 spiro atoms. The van der Waals surface area contributed by atoms with E-state index < -0.39 is 0 Å². The Balaban J connectivity index is 0.00000391. The van der Waals surface area contributed by atoms with Crippen LogP contribution in [-0.2, 0) is 21.1 Å². The van der Waals surface area contributed by atoms with Crippen LogP contribution < -0.4 is 4.74 Å². The second-order valence-electron chi connectivity index (χ2n) is 15.7. The average molecular weight is 974 g/mol. The molecule has 292 valence electrons. The van der Waals surface area contributed by atoms with Crippen LogP contribution in [0.25, 0.3) is 110 Å². The normalized spacial score (nSPS) is 12.1. The number of benzene rings is 8. The molecule has 0 aliphatic heterocycles. The number of para-hydroxylation sites is 4. The van der Waals surface area contributed by atoms with E-state index in [1.165, 1.54) is 32.6 Å². The molecule has 14 rings (SSSR count). The summed E-state index contributed by atoms with van der Waals surface area (Å²) in [6.45, 7) is 0. The number of hydrogen-bond acceptors (Lipinski definition) is 3. The maximum absolute atomic E-state index is 6.65. The molecule has 8 heteroatoms. The van der Waals surface area contributed by atoms with Crippen molar-refractivity contribution in [1.82, 2.24) is 27.9 Å². The molecule has 0 unspecified atom stereocenters. The minimum atomic E-state index is 0. The average Bonchev–Trinajstić information content (AvgIpc) is 4.13. The Kier molecular flexibility index (Phi) is 7.43. The van der Waals surface area contributed by atoms with Gasteiger partial charge in [0.15, 0.2) is 0 Å². The van der Waals surface area contributed by atoms with Crippen molar-refractivity contribution in [1.29, 1.82) is 0 Å². The maximum Gasteiger partial charge on any atom is 2.00 e. The SMILES string of the molecule is [Pt+2].[c-]1c(Oc2[c-]c3c(cc2)c2cc4c(cc2n2ccnc32)c2ccccc2n4-c2ccccc2)ccc2c1c1nccn1c1cc3c4ccccc4n(-c4ccccc4)c3cc21. The standard InChI is InChI=1S/C54H30N6O.Pt/c1-3-11-33(12-4-1)59-47-17-9-7-15-39(47)43-29-49-41(31-51(43)59)37-21-19-35(27-45(37)53-55-23-25-57(49)53)61-36-20-22-38-42-32-52-44(30-50(42)58-26-24-56-54(58)46(38)28-36)40-16-8-10-18-48(40)60(52)34-13-5-2-6-14-34;/h1-26,29-32H;/q-2;+2. The van der Waals surface area contributed by atoms with E-state index in [0.29, 0.717) is 11.5 Å². The van der Waals surface area contributed by atoms with Gasteiger partial charge in [-0.1, -0.05) is 119 Å². The van der Waals surface area contributed by atoms with Gasteiger partial charge in [0.25, 0.3) is 0 Å². The van der Waals surface area contributed by atoms with Gasteiger partial charge in [0.2, 0.25) is 0 Å². The van der Waals surface area contributed by atoms with Gasteiger partial charge >= 0.3 is 21.1 Å². The van der Waals surface area contributed by atoms with Crippen LogP contribution in [0.15, 0.2) is 183 Å². The molecule has 6 heterocycles. The summed E-state index contributed by atoms with van der Waals surface area (Å²) in [5, 5.41) is 10.9. The van der Waals surface area contributed by atoms with Gasteiger partial charge < -0.3 is 22.7 Å². The van der Waals surface area contributed by atoms with Gasteiger partial charge in [0.05, 0.1) is 33.4 Å². The molecule has 0 saturated heterocycles.